The molecule has 47 heavy (non-hydrogen) atoms. The van der Waals surface area contributed by atoms with Crippen molar-refractivity contribution in [1.29, 1.82) is 0 Å². The third-order valence-corrected chi connectivity index (χ3v) is 8.36. The predicted octanol–water partition coefficient (Wildman–Crippen LogP) is 10.7. The van der Waals surface area contributed by atoms with Crippen molar-refractivity contribution in [3.8, 4) is 22.5 Å². The molecule has 0 aliphatic carbocycles. The van der Waals surface area contributed by atoms with Gasteiger partial charge in [0.1, 0.15) is 0 Å². The van der Waals surface area contributed by atoms with Crippen molar-refractivity contribution in [2.45, 2.75) is 53.9 Å². The number of furan rings is 1. The van der Waals surface area contributed by atoms with Gasteiger partial charge in [-0.1, -0.05) is 81.1 Å². The van der Waals surface area contributed by atoms with Gasteiger partial charge < -0.3 is 14.4 Å². The summed E-state index contributed by atoms with van der Waals surface area (Å²) >= 11 is 0. The van der Waals surface area contributed by atoms with E-state index in [0.717, 1.165) is 51.0 Å². The average molecular weight is 794 g/mol. The van der Waals surface area contributed by atoms with Crippen LogP contribution < -0.4 is 0 Å². The second-order valence-corrected chi connectivity index (χ2v) is 12.5. The van der Waals surface area contributed by atoms with Gasteiger partial charge in [-0.3, -0.25) is 0 Å². The van der Waals surface area contributed by atoms with Gasteiger partial charge in [-0.2, -0.15) is 0 Å². The van der Waals surface area contributed by atoms with E-state index in [9.17, 15) is 0 Å². The van der Waals surface area contributed by atoms with E-state index in [1.807, 2.05) is 43.6 Å². The number of aromatic nitrogens is 3. The van der Waals surface area contributed by atoms with Crippen LogP contribution in [-0.2, 0) is 26.5 Å². The van der Waals surface area contributed by atoms with Crippen molar-refractivity contribution in [2.75, 3.05) is 0 Å². The summed E-state index contributed by atoms with van der Waals surface area (Å²) in [5, 5.41) is 2.06. The molecule has 0 aliphatic heterocycles. The maximum Gasteiger partial charge on any atom is 0.216 e. The van der Waals surface area contributed by atoms with Crippen LogP contribution in [0.4, 0.5) is 0 Å². The summed E-state index contributed by atoms with van der Waals surface area (Å²) in [6.07, 6.45) is 4.98. The quantitative estimate of drug-likeness (QED) is 0.157. The van der Waals surface area contributed by atoms with Gasteiger partial charge in [-0.05, 0) is 72.5 Å². The molecule has 4 heterocycles. The van der Waals surface area contributed by atoms with Crippen LogP contribution in [0, 0.1) is 38.8 Å². The first-order valence-electron chi connectivity index (χ1n) is 15.9. The number of pyridine rings is 3. The van der Waals surface area contributed by atoms with E-state index in [-0.39, 0.29) is 20.1 Å². The largest absolute Gasteiger partial charge is 0.486 e. The predicted molar refractivity (Wildman–Crippen MR) is 189 cm³/mol. The molecule has 7 aromatic rings. The number of hydrogen-bond acceptors (Lipinski definition) is 4. The molecule has 7 rings (SSSR count). The maximum absolute atomic E-state index is 5.88. The Labute approximate surface area is 291 Å². The Balaban J connectivity index is 0.000000199. The molecule has 3 aromatic carbocycles. The number of hydrogen-bond donors (Lipinski definition) is 0. The third kappa shape index (κ3) is 7.93. The molecule has 1 radical (unpaired) electrons. The smallest absolute Gasteiger partial charge is 0.216 e. The maximum atomic E-state index is 5.88. The first kappa shape index (κ1) is 33.9. The van der Waals surface area contributed by atoms with E-state index in [1.165, 1.54) is 27.8 Å². The summed E-state index contributed by atoms with van der Waals surface area (Å²) in [4.78, 5) is 13.6. The Bertz CT molecular complexity index is 2100. The minimum absolute atomic E-state index is 0. The molecule has 0 N–H and O–H groups in total. The summed E-state index contributed by atoms with van der Waals surface area (Å²) < 4.78 is 5.88. The van der Waals surface area contributed by atoms with Crippen LogP contribution in [0.25, 0.3) is 44.6 Å². The third-order valence-electron chi connectivity index (χ3n) is 8.36. The van der Waals surface area contributed by atoms with Crippen molar-refractivity contribution in [1.82, 2.24) is 15.0 Å². The zero-order valence-electron chi connectivity index (χ0n) is 27.8. The van der Waals surface area contributed by atoms with Gasteiger partial charge in [0.2, 0.25) is 5.71 Å². The van der Waals surface area contributed by atoms with Crippen LogP contribution in [0.5, 0.6) is 0 Å². The van der Waals surface area contributed by atoms with Gasteiger partial charge in [0, 0.05) is 49.5 Å². The summed E-state index contributed by atoms with van der Waals surface area (Å²) in [7, 11) is 0. The standard InChI is InChI=1S/C25H19N2O.C17H20N.Ir/c1-16-8-10-21-22-14-20(9-11-24(22)28-25(21)27-16)23-15-19(12-13-26-23)17(2)18-6-4-3-5-7-18;1-12(2)9-16-11-18-17(10-14(16)4)15-7-5-13(3)6-8-15;/h3-8,10-15,17H,1-2H3;5-7,10-12H,9H2,1-4H3;/q2*-1;. The van der Waals surface area contributed by atoms with E-state index < -0.39 is 0 Å². The molecule has 4 aromatic heterocycles. The van der Waals surface area contributed by atoms with Crippen LogP contribution >= 0.6 is 0 Å². The Morgan fingerprint density at radius 3 is 2.21 bits per heavy atom. The number of nitrogens with zero attached hydrogens (tertiary/aromatic N) is 3. The van der Waals surface area contributed by atoms with Crippen molar-refractivity contribution in [2.24, 2.45) is 5.92 Å². The molecule has 239 valence electrons. The average Bonchev–Trinajstić information content (AvgIpc) is 3.43. The minimum atomic E-state index is 0. The molecule has 1 unspecified atom stereocenters. The van der Waals surface area contributed by atoms with Crippen LogP contribution in [0.1, 0.15) is 60.2 Å². The van der Waals surface area contributed by atoms with E-state index in [0.29, 0.717) is 17.5 Å². The molecular weight excluding hydrogens is 755 g/mol. The topological polar surface area (TPSA) is 51.8 Å². The molecule has 0 saturated heterocycles. The Morgan fingerprint density at radius 1 is 0.723 bits per heavy atom. The van der Waals surface area contributed by atoms with Crippen LogP contribution in [0.2, 0.25) is 0 Å². The van der Waals surface area contributed by atoms with Gasteiger partial charge in [-0.15, -0.1) is 59.2 Å². The van der Waals surface area contributed by atoms with E-state index in [1.54, 1.807) is 0 Å². The monoisotopic (exact) mass is 794 g/mol. The number of aryl methyl sites for hydroxylation is 3. The van der Waals surface area contributed by atoms with Gasteiger partial charge in [-0.25, -0.2) is 4.98 Å². The molecule has 0 fully saturated rings. The summed E-state index contributed by atoms with van der Waals surface area (Å²) in [6.45, 7) is 12.9. The van der Waals surface area contributed by atoms with Gasteiger partial charge in [0.15, 0.2) is 0 Å². The van der Waals surface area contributed by atoms with E-state index in [4.69, 9.17) is 4.42 Å². The molecule has 0 amide bonds. The minimum Gasteiger partial charge on any atom is -0.486 e. The zero-order valence-corrected chi connectivity index (χ0v) is 30.2. The summed E-state index contributed by atoms with van der Waals surface area (Å²) in [6, 6.07) is 37.8. The van der Waals surface area contributed by atoms with Gasteiger partial charge >= 0.3 is 0 Å². The Hall–Kier alpha value is -4.44. The fraction of sp³-hybridized carbons (Fsp3) is 0.214. The number of benzene rings is 3. The SMILES string of the molecule is Cc1c[c-]c(-c2cc(C)c(CC(C)C)cn2)cc1.Cc1ccc2c(n1)oc1c[c-]c(-c3cc(C(C)c4ccccc4)ccn3)cc12.[Ir]. The van der Waals surface area contributed by atoms with Crippen molar-refractivity contribution in [3.05, 3.63) is 149 Å². The van der Waals surface area contributed by atoms with E-state index >= 15 is 0 Å². The van der Waals surface area contributed by atoms with Crippen LogP contribution in [0.15, 0.2) is 108 Å². The Kier molecular flexibility index (Phi) is 10.8. The van der Waals surface area contributed by atoms with Crippen molar-refractivity contribution < 1.29 is 24.5 Å². The fourth-order valence-electron chi connectivity index (χ4n) is 5.69. The van der Waals surface area contributed by atoms with Crippen molar-refractivity contribution >= 4 is 22.1 Å². The molecule has 5 heteroatoms. The second-order valence-electron chi connectivity index (χ2n) is 12.5. The molecule has 0 aliphatic rings. The summed E-state index contributed by atoms with van der Waals surface area (Å²) in [5.41, 5.74) is 12.8. The fourth-order valence-corrected chi connectivity index (χ4v) is 5.69. The molecule has 4 nitrogen and oxygen atoms in total. The Morgan fingerprint density at radius 2 is 1.49 bits per heavy atom. The van der Waals surface area contributed by atoms with Gasteiger partial charge in [0.25, 0.3) is 0 Å². The van der Waals surface area contributed by atoms with Gasteiger partial charge in [0.05, 0.1) is 5.58 Å². The molecule has 1 atom stereocenters. The van der Waals surface area contributed by atoms with Crippen molar-refractivity contribution in [3.63, 3.8) is 0 Å². The molecule has 0 bridgehead atoms. The van der Waals surface area contributed by atoms with Crippen LogP contribution in [0.3, 0.4) is 0 Å². The molecular formula is C42H39IrN3O-2. The number of fused-ring (bicyclic) bond motifs is 3. The summed E-state index contributed by atoms with van der Waals surface area (Å²) in [5.74, 6) is 0.968. The second kappa shape index (κ2) is 15.0. The van der Waals surface area contributed by atoms with E-state index in [2.05, 4.69) is 128 Å². The normalized spacial score (nSPS) is 11.6. The van der Waals surface area contributed by atoms with Crippen LogP contribution in [-0.4, -0.2) is 15.0 Å². The number of rotatable bonds is 6. The zero-order chi connectivity index (χ0) is 32.2. The first-order valence-corrected chi connectivity index (χ1v) is 15.9. The molecule has 0 saturated carbocycles. The first-order chi connectivity index (χ1) is 22.2. The molecule has 0 spiro atoms.